The van der Waals surface area contributed by atoms with Gasteiger partial charge in [-0.05, 0) is 24.6 Å². The summed E-state index contributed by atoms with van der Waals surface area (Å²) >= 11 is 0. The Bertz CT molecular complexity index is 644. The number of nitrogens with zero attached hydrogens (tertiary/aromatic N) is 2. The van der Waals surface area contributed by atoms with Crippen LogP contribution >= 0.6 is 0 Å². The van der Waals surface area contributed by atoms with Gasteiger partial charge in [0.25, 0.3) is 5.91 Å². The van der Waals surface area contributed by atoms with Crippen molar-refractivity contribution in [3.63, 3.8) is 0 Å². The zero-order valence-electron chi connectivity index (χ0n) is 14.2. The van der Waals surface area contributed by atoms with Crippen LogP contribution in [0.25, 0.3) is 0 Å². The van der Waals surface area contributed by atoms with E-state index < -0.39 is 0 Å². The van der Waals surface area contributed by atoms with Crippen molar-refractivity contribution in [2.45, 2.75) is 32.7 Å². The Kier molecular flexibility index (Phi) is 7.01. The first-order chi connectivity index (χ1) is 11.7. The molecule has 1 heterocycles. The van der Waals surface area contributed by atoms with Gasteiger partial charge in [-0.2, -0.15) is 0 Å². The molecule has 0 saturated carbocycles. The summed E-state index contributed by atoms with van der Waals surface area (Å²) in [5.74, 6) is 1.25. The van der Waals surface area contributed by atoms with E-state index >= 15 is 0 Å². The maximum Gasteiger partial charge on any atom is 0.271 e. The van der Waals surface area contributed by atoms with E-state index in [1.54, 1.807) is 19.2 Å². The average Bonchev–Trinajstić information content (AvgIpc) is 2.64. The van der Waals surface area contributed by atoms with Gasteiger partial charge in [-0.25, -0.2) is 0 Å². The number of carbonyl (C=O) groups excluding carboxylic acids is 1. The van der Waals surface area contributed by atoms with Gasteiger partial charge in [0.2, 0.25) is 0 Å². The largest absolute Gasteiger partial charge is 0.496 e. The molecule has 0 aliphatic heterocycles. The number of rotatable bonds is 9. The molecule has 2 rings (SSSR count). The van der Waals surface area contributed by atoms with E-state index in [-0.39, 0.29) is 5.91 Å². The minimum absolute atomic E-state index is 0.185. The fraction of sp³-hybridized carbons (Fsp3) is 0.389. The van der Waals surface area contributed by atoms with Crippen molar-refractivity contribution in [3.05, 3.63) is 47.7 Å². The Labute approximate surface area is 142 Å². The molecule has 0 spiro atoms. The number of aromatic nitrogens is 2. The lowest BCUT2D eigenvalue weighted by molar-refractivity contribution is 0.0947. The molecule has 2 aromatic rings. The molecule has 6 nitrogen and oxygen atoms in total. The van der Waals surface area contributed by atoms with Crippen LogP contribution in [0, 0.1) is 0 Å². The number of hydrogen-bond acceptors (Lipinski definition) is 5. The third-order valence-corrected chi connectivity index (χ3v) is 3.62. The van der Waals surface area contributed by atoms with Crippen molar-refractivity contribution < 1.29 is 9.53 Å². The van der Waals surface area contributed by atoms with Crippen LogP contribution in [0.4, 0.5) is 5.82 Å². The van der Waals surface area contributed by atoms with Crippen molar-refractivity contribution in [1.29, 1.82) is 0 Å². The van der Waals surface area contributed by atoms with E-state index in [2.05, 4.69) is 27.8 Å². The minimum atomic E-state index is -0.185. The second-order valence-corrected chi connectivity index (χ2v) is 5.43. The van der Waals surface area contributed by atoms with Crippen molar-refractivity contribution in [3.8, 4) is 5.75 Å². The minimum Gasteiger partial charge on any atom is -0.496 e. The van der Waals surface area contributed by atoms with Crippen LogP contribution in [0.15, 0.2) is 36.4 Å². The van der Waals surface area contributed by atoms with E-state index in [1.807, 2.05) is 24.3 Å². The Morgan fingerprint density at radius 2 is 1.96 bits per heavy atom. The lowest BCUT2D eigenvalue weighted by Crippen LogP contribution is -2.25. The van der Waals surface area contributed by atoms with Crippen molar-refractivity contribution in [1.82, 2.24) is 15.5 Å². The molecule has 6 heteroatoms. The maximum absolute atomic E-state index is 11.9. The number of ether oxygens (including phenoxy) is 1. The highest BCUT2D eigenvalue weighted by molar-refractivity contribution is 5.92. The number of hydrogen-bond donors (Lipinski definition) is 2. The van der Waals surface area contributed by atoms with Crippen molar-refractivity contribution >= 4 is 11.7 Å². The number of benzene rings is 1. The topological polar surface area (TPSA) is 76.1 Å². The number of amides is 1. The molecular weight excluding hydrogens is 304 g/mol. The summed E-state index contributed by atoms with van der Waals surface area (Å²) in [6, 6.07) is 11.2. The van der Waals surface area contributed by atoms with Gasteiger partial charge in [-0.1, -0.05) is 38.0 Å². The molecule has 0 unspecified atom stereocenters. The third-order valence-electron chi connectivity index (χ3n) is 3.62. The summed E-state index contributed by atoms with van der Waals surface area (Å²) in [4.78, 5) is 11.9. The molecule has 1 amide bonds. The second-order valence-electron chi connectivity index (χ2n) is 5.43. The van der Waals surface area contributed by atoms with Gasteiger partial charge in [0.15, 0.2) is 5.69 Å². The third kappa shape index (κ3) is 5.22. The Morgan fingerprint density at radius 1 is 1.12 bits per heavy atom. The smallest absolute Gasteiger partial charge is 0.271 e. The van der Waals surface area contributed by atoms with E-state index in [9.17, 15) is 4.79 Å². The van der Waals surface area contributed by atoms with Crippen LogP contribution in [-0.2, 0) is 6.54 Å². The summed E-state index contributed by atoms with van der Waals surface area (Å²) in [5.41, 5.74) is 1.36. The average molecular weight is 328 g/mol. The van der Waals surface area contributed by atoms with Crippen LogP contribution in [0.3, 0.4) is 0 Å². The van der Waals surface area contributed by atoms with Gasteiger partial charge in [0.05, 0.1) is 7.11 Å². The molecule has 0 radical (unpaired) electrons. The maximum atomic E-state index is 11.9. The quantitative estimate of drug-likeness (QED) is 0.692. The highest BCUT2D eigenvalue weighted by atomic mass is 16.5. The van der Waals surface area contributed by atoms with Gasteiger partial charge in [-0.15, -0.1) is 10.2 Å². The number of carbonyl (C=O) groups is 1. The molecule has 24 heavy (non-hydrogen) atoms. The zero-order chi connectivity index (χ0) is 17.2. The van der Waals surface area contributed by atoms with Gasteiger partial charge in [-0.3, -0.25) is 4.79 Å². The van der Waals surface area contributed by atoms with Crippen LogP contribution in [0.2, 0.25) is 0 Å². The summed E-state index contributed by atoms with van der Waals surface area (Å²) < 4.78 is 5.31. The SMILES string of the molecule is CCCCCNC(=O)c1ccc(NCc2ccccc2OC)nn1. The molecule has 1 aromatic heterocycles. The number of methoxy groups -OCH3 is 1. The first-order valence-electron chi connectivity index (χ1n) is 8.22. The molecular formula is C18H24N4O2. The first-order valence-corrected chi connectivity index (χ1v) is 8.22. The highest BCUT2D eigenvalue weighted by Gasteiger charge is 2.08. The number of unbranched alkanes of at least 4 members (excludes halogenated alkanes) is 2. The zero-order valence-corrected chi connectivity index (χ0v) is 14.2. The van der Waals surface area contributed by atoms with Crippen molar-refractivity contribution in [2.75, 3.05) is 19.0 Å². The normalized spacial score (nSPS) is 10.2. The van der Waals surface area contributed by atoms with E-state index in [1.165, 1.54) is 0 Å². The predicted molar refractivity (Wildman–Crippen MR) is 94.2 cm³/mol. The van der Waals surface area contributed by atoms with Gasteiger partial charge < -0.3 is 15.4 Å². The number of anilines is 1. The predicted octanol–water partition coefficient (Wildman–Crippen LogP) is 3.02. The number of nitrogens with one attached hydrogen (secondary N) is 2. The number of para-hydroxylation sites is 1. The molecule has 0 atom stereocenters. The Balaban J connectivity index is 1.86. The fourth-order valence-electron chi connectivity index (χ4n) is 2.25. The molecule has 128 valence electrons. The molecule has 0 aliphatic carbocycles. The fourth-order valence-corrected chi connectivity index (χ4v) is 2.25. The highest BCUT2D eigenvalue weighted by Crippen LogP contribution is 2.18. The Morgan fingerprint density at radius 3 is 2.67 bits per heavy atom. The lowest BCUT2D eigenvalue weighted by Gasteiger charge is -2.09. The van der Waals surface area contributed by atoms with Crippen LogP contribution in [0.5, 0.6) is 5.75 Å². The monoisotopic (exact) mass is 328 g/mol. The van der Waals surface area contributed by atoms with Crippen LogP contribution < -0.4 is 15.4 Å². The van der Waals surface area contributed by atoms with E-state index in [4.69, 9.17) is 4.74 Å². The molecule has 0 fully saturated rings. The van der Waals surface area contributed by atoms with Gasteiger partial charge in [0, 0.05) is 18.7 Å². The van der Waals surface area contributed by atoms with E-state index in [0.717, 1.165) is 30.6 Å². The summed E-state index contributed by atoms with van der Waals surface area (Å²) in [6.45, 7) is 3.37. The first kappa shape index (κ1) is 17.7. The van der Waals surface area contributed by atoms with Gasteiger partial charge in [0.1, 0.15) is 11.6 Å². The molecule has 0 saturated heterocycles. The molecule has 0 bridgehead atoms. The lowest BCUT2D eigenvalue weighted by atomic mass is 10.2. The standard InChI is InChI=1S/C18H24N4O2/c1-3-4-7-12-19-18(23)15-10-11-17(22-21-15)20-13-14-8-5-6-9-16(14)24-2/h5-6,8-11H,3-4,7,12-13H2,1-2H3,(H,19,23)(H,20,22). The van der Waals surface area contributed by atoms with Gasteiger partial charge >= 0.3 is 0 Å². The second kappa shape index (κ2) is 9.50. The van der Waals surface area contributed by atoms with E-state index in [0.29, 0.717) is 24.6 Å². The van der Waals surface area contributed by atoms with Crippen LogP contribution in [0.1, 0.15) is 42.2 Å². The summed E-state index contributed by atoms with van der Waals surface area (Å²) in [7, 11) is 1.65. The summed E-state index contributed by atoms with van der Waals surface area (Å²) in [5, 5.41) is 14.1. The molecule has 1 aromatic carbocycles. The van der Waals surface area contributed by atoms with Crippen molar-refractivity contribution in [2.24, 2.45) is 0 Å². The van der Waals surface area contributed by atoms with Crippen LogP contribution in [-0.4, -0.2) is 29.8 Å². The Hall–Kier alpha value is -2.63. The summed E-state index contributed by atoms with van der Waals surface area (Å²) in [6.07, 6.45) is 3.22. The molecule has 2 N–H and O–H groups in total. The molecule has 0 aliphatic rings.